The Balaban J connectivity index is 2.28. The van der Waals surface area contributed by atoms with E-state index in [1.165, 1.54) is 6.07 Å². The summed E-state index contributed by atoms with van der Waals surface area (Å²) in [6.45, 7) is 0. The Morgan fingerprint density at radius 1 is 0.882 bits per heavy atom. The van der Waals surface area contributed by atoms with Gasteiger partial charge in [-0.05, 0) is 30.0 Å². The summed E-state index contributed by atoms with van der Waals surface area (Å²) in [7, 11) is 0. The monoisotopic (exact) mass is 237 g/mol. The van der Waals surface area contributed by atoms with Gasteiger partial charge in [0.2, 0.25) is 0 Å². The molecular formula is C12H15NO4. The van der Waals surface area contributed by atoms with Gasteiger partial charge in [-0.15, -0.1) is 0 Å². The highest BCUT2D eigenvalue weighted by atomic mass is 16.5. The molecule has 3 rings (SSSR count). The van der Waals surface area contributed by atoms with Crippen LogP contribution in [0.15, 0.2) is 6.07 Å². The van der Waals surface area contributed by atoms with E-state index in [-0.39, 0.29) is 12.8 Å². The molecule has 0 saturated carbocycles. The highest BCUT2D eigenvalue weighted by Crippen LogP contribution is 2.46. The predicted octanol–water partition coefficient (Wildman–Crippen LogP) is -0.564. The molecule has 0 aromatic heterocycles. The standard InChI is InChI=1S/C12H15NO4/c13-10-6-1-3-11(14,15)8(6)5-9-7(10)2-4-12(9,16)17/h5,14-17H,1-4,13H2. The number of hydrogen-bond acceptors (Lipinski definition) is 5. The fourth-order valence-corrected chi connectivity index (χ4v) is 2.91. The van der Waals surface area contributed by atoms with Crippen LogP contribution in [0.2, 0.25) is 0 Å². The van der Waals surface area contributed by atoms with Gasteiger partial charge in [-0.25, -0.2) is 0 Å². The quantitative estimate of drug-likeness (QED) is 0.307. The summed E-state index contributed by atoms with van der Waals surface area (Å²) in [5.41, 5.74) is 8.54. The Hall–Kier alpha value is -1.14. The number of nitrogens with two attached hydrogens (primary N) is 1. The van der Waals surface area contributed by atoms with Crippen LogP contribution in [0.4, 0.5) is 5.69 Å². The van der Waals surface area contributed by atoms with Crippen LogP contribution in [0.1, 0.15) is 35.1 Å². The first-order chi connectivity index (χ1) is 7.83. The molecule has 2 aliphatic carbocycles. The molecule has 0 saturated heterocycles. The van der Waals surface area contributed by atoms with Crippen LogP contribution in [-0.4, -0.2) is 20.4 Å². The Labute approximate surface area is 98.1 Å². The lowest BCUT2D eigenvalue weighted by atomic mass is 9.96. The third-order valence-electron chi connectivity index (χ3n) is 3.90. The number of hydrogen-bond donors (Lipinski definition) is 5. The van der Waals surface area contributed by atoms with Crippen LogP contribution in [0.3, 0.4) is 0 Å². The van der Waals surface area contributed by atoms with Crippen LogP contribution in [0.25, 0.3) is 0 Å². The van der Waals surface area contributed by atoms with Gasteiger partial charge in [-0.3, -0.25) is 0 Å². The number of nitrogen functional groups attached to an aromatic ring is 1. The van der Waals surface area contributed by atoms with Crippen LogP contribution < -0.4 is 5.73 Å². The average molecular weight is 237 g/mol. The van der Waals surface area contributed by atoms with Crippen molar-refractivity contribution in [3.05, 3.63) is 28.3 Å². The fourth-order valence-electron chi connectivity index (χ4n) is 2.91. The van der Waals surface area contributed by atoms with Crippen LogP contribution in [0, 0.1) is 0 Å². The minimum atomic E-state index is -1.91. The second-order valence-corrected chi connectivity index (χ2v) is 4.98. The molecule has 17 heavy (non-hydrogen) atoms. The van der Waals surface area contributed by atoms with E-state index in [2.05, 4.69) is 0 Å². The lowest BCUT2D eigenvalue weighted by molar-refractivity contribution is -0.170. The van der Waals surface area contributed by atoms with Crippen molar-refractivity contribution in [1.82, 2.24) is 0 Å². The molecule has 0 heterocycles. The minimum absolute atomic E-state index is 0.194. The van der Waals surface area contributed by atoms with E-state index in [0.29, 0.717) is 29.7 Å². The maximum absolute atomic E-state index is 9.81. The average Bonchev–Trinajstić information content (AvgIpc) is 2.68. The maximum Gasteiger partial charge on any atom is 0.190 e. The molecule has 6 N–H and O–H groups in total. The van der Waals surface area contributed by atoms with Crippen molar-refractivity contribution in [2.24, 2.45) is 0 Å². The lowest BCUT2D eigenvalue weighted by Crippen LogP contribution is -2.24. The van der Waals surface area contributed by atoms with E-state index in [4.69, 9.17) is 5.73 Å². The van der Waals surface area contributed by atoms with Gasteiger partial charge in [0.25, 0.3) is 0 Å². The van der Waals surface area contributed by atoms with Crippen molar-refractivity contribution in [2.45, 2.75) is 37.3 Å². The third kappa shape index (κ3) is 1.34. The summed E-state index contributed by atoms with van der Waals surface area (Å²) < 4.78 is 0. The maximum atomic E-state index is 9.81. The summed E-state index contributed by atoms with van der Waals surface area (Å²) in [6.07, 6.45) is 1.40. The Kier molecular flexibility index (Phi) is 1.94. The van der Waals surface area contributed by atoms with E-state index in [1.807, 2.05) is 0 Å². The number of anilines is 1. The van der Waals surface area contributed by atoms with Crippen molar-refractivity contribution >= 4 is 5.69 Å². The molecule has 92 valence electrons. The Morgan fingerprint density at radius 3 is 1.71 bits per heavy atom. The Morgan fingerprint density at radius 2 is 1.29 bits per heavy atom. The summed E-state index contributed by atoms with van der Waals surface area (Å²) >= 11 is 0. The molecule has 0 bridgehead atoms. The van der Waals surface area contributed by atoms with Gasteiger partial charge in [-0.1, -0.05) is 0 Å². The molecule has 5 heteroatoms. The van der Waals surface area contributed by atoms with Crippen LogP contribution >= 0.6 is 0 Å². The summed E-state index contributed by atoms with van der Waals surface area (Å²) in [5, 5.41) is 39.2. The number of rotatable bonds is 0. The molecule has 2 aliphatic rings. The zero-order valence-electron chi connectivity index (χ0n) is 9.27. The molecule has 0 radical (unpaired) electrons. The highest BCUT2D eigenvalue weighted by Gasteiger charge is 2.42. The topological polar surface area (TPSA) is 107 Å². The molecule has 0 spiro atoms. The normalized spacial score (nSPS) is 23.5. The lowest BCUT2D eigenvalue weighted by Gasteiger charge is -2.21. The molecule has 5 nitrogen and oxygen atoms in total. The second-order valence-electron chi connectivity index (χ2n) is 4.98. The first-order valence-electron chi connectivity index (χ1n) is 5.67. The van der Waals surface area contributed by atoms with Gasteiger partial charge in [0, 0.05) is 29.7 Å². The molecule has 0 atom stereocenters. The van der Waals surface area contributed by atoms with Crippen molar-refractivity contribution in [1.29, 1.82) is 0 Å². The first kappa shape index (κ1) is 11.0. The molecular weight excluding hydrogens is 222 g/mol. The van der Waals surface area contributed by atoms with Gasteiger partial charge in [0.15, 0.2) is 11.6 Å². The minimum Gasteiger partial charge on any atom is -0.398 e. The third-order valence-corrected chi connectivity index (χ3v) is 3.90. The van der Waals surface area contributed by atoms with E-state index in [0.717, 1.165) is 11.1 Å². The van der Waals surface area contributed by atoms with Crippen LogP contribution in [0.5, 0.6) is 0 Å². The first-order valence-corrected chi connectivity index (χ1v) is 5.67. The van der Waals surface area contributed by atoms with E-state index >= 15 is 0 Å². The van der Waals surface area contributed by atoms with E-state index < -0.39 is 11.6 Å². The summed E-state index contributed by atoms with van der Waals surface area (Å²) in [5.74, 6) is -3.81. The van der Waals surface area contributed by atoms with Crippen molar-refractivity contribution in [3.8, 4) is 0 Å². The van der Waals surface area contributed by atoms with Crippen LogP contribution in [-0.2, 0) is 24.4 Å². The van der Waals surface area contributed by atoms with Gasteiger partial charge in [0.1, 0.15) is 0 Å². The molecule has 1 aromatic rings. The summed E-state index contributed by atoms with van der Waals surface area (Å²) in [6, 6.07) is 1.47. The SMILES string of the molecule is Nc1c2c(cc3c1CCC3(O)O)C(O)(O)CC2. The van der Waals surface area contributed by atoms with Gasteiger partial charge >= 0.3 is 0 Å². The molecule has 0 amide bonds. The van der Waals surface area contributed by atoms with Crippen molar-refractivity contribution in [3.63, 3.8) is 0 Å². The number of aliphatic hydroxyl groups is 4. The van der Waals surface area contributed by atoms with Crippen molar-refractivity contribution < 1.29 is 20.4 Å². The van der Waals surface area contributed by atoms with Crippen molar-refractivity contribution in [2.75, 3.05) is 5.73 Å². The number of benzene rings is 1. The van der Waals surface area contributed by atoms with E-state index in [1.54, 1.807) is 0 Å². The Bertz CT molecular complexity index is 465. The summed E-state index contributed by atoms with van der Waals surface area (Å²) in [4.78, 5) is 0. The van der Waals surface area contributed by atoms with Gasteiger partial charge < -0.3 is 26.2 Å². The van der Waals surface area contributed by atoms with Gasteiger partial charge in [0.05, 0.1) is 0 Å². The number of fused-ring (bicyclic) bond motifs is 2. The highest BCUT2D eigenvalue weighted by molar-refractivity contribution is 5.65. The smallest absolute Gasteiger partial charge is 0.190 e. The zero-order valence-corrected chi connectivity index (χ0v) is 9.27. The molecule has 1 aromatic carbocycles. The molecule has 0 fully saturated rings. The molecule has 0 aliphatic heterocycles. The zero-order chi connectivity index (χ0) is 12.4. The second kappa shape index (κ2) is 3.00. The molecule has 0 unspecified atom stereocenters. The largest absolute Gasteiger partial charge is 0.398 e. The van der Waals surface area contributed by atoms with Gasteiger partial charge in [-0.2, -0.15) is 0 Å². The fraction of sp³-hybridized carbons (Fsp3) is 0.500. The van der Waals surface area contributed by atoms with E-state index in [9.17, 15) is 20.4 Å². The predicted molar refractivity (Wildman–Crippen MR) is 59.7 cm³/mol.